The molecule has 0 spiro atoms. The zero-order valence-electron chi connectivity index (χ0n) is 6.36. The lowest BCUT2D eigenvalue weighted by atomic mass is 10.5. The van der Waals surface area contributed by atoms with Crippen molar-refractivity contribution in [3.8, 4) is 0 Å². The monoisotopic (exact) mass is 130 g/mol. The predicted octanol–water partition coefficient (Wildman–Crippen LogP) is 1.58. The molecule has 0 aliphatic heterocycles. The summed E-state index contributed by atoms with van der Waals surface area (Å²) in [5.41, 5.74) is 0. The van der Waals surface area contributed by atoms with E-state index >= 15 is 0 Å². The number of hydrogen-bond acceptors (Lipinski definition) is 1. The Morgan fingerprint density at radius 2 is 1.88 bits per heavy atom. The minimum Gasteiger partial charge on any atom is -0.327 e. The second-order valence-corrected chi connectivity index (χ2v) is 5.03. The summed E-state index contributed by atoms with van der Waals surface area (Å²) < 4.78 is 2.45. The van der Waals surface area contributed by atoms with Crippen LogP contribution in [0.4, 0.5) is 0 Å². The molecule has 0 bridgehead atoms. The molecule has 0 saturated heterocycles. The van der Waals surface area contributed by atoms with Crippen LogP contribution in [0.25, 0.3) is 0 Å². The first kappa shape index (κ1) is 8.18. The summed E-state index contributed by atoms with van der Waals surface area (Å²) in [7, 11) is 2.06. The maximum Gasteiger partial charge on any atom is 0.129 e. The predicted molar refractivity (Wildman–Crippen MR) is 40.4 cm³/mol. The molecule has 0 rings (SSSR count). The lowest BCUT2D eigenvalue weighted by molar-refractivity contribution is 0.519. The van der Waals surface area contributed by atoms with Crippen molar-refractivity contribution in [2.24, 2.45) is 0 Å². The Labute approximate surface area is 54.4 Å². The highest BCUT2D eigenvalue weighted by atomic mass is 28.3. The summed E-state index contributed by atoms with van der Waals surface area (Å²) in [6.45, 7) is 8.13. The quantitative estimate of drug-likeness (QED) is 0.524. The van der Waals surface area contributed by atoms with E-state index in [0.29, 0.717) is 0 Å². The van der Waals surface area contributed by atoms with Crippen LogP contribution in [-0.2, 0) is 0 Å². The molecule has 0 heterocycles. The topological polar surface area (TPSA) is 3.24 Å². The third-order valence-corrected chi connectivity index (χ3v) is 3.07. The van der Waals surface area contributed by atoms with Crippen molar-refractivity contribution in [3.05, 3.63) is 0 Å². The normalized spacial score (nSPS) is 11.2. The van der Waals surface area contributed by atoms with Gasteiger partial charge in [-0.1, -0.05) is 20.0 Å². The van der Waals surface area contributed by atoms with Crippen LogP contribution in [0, 0.1) is 0 Å². The average Bonchev–Trinajstić information content (AvgIpc) is 1.67. The Bertz CT molecular complexity index is 54.5. The van der Waals surface area contributed by atoms with Crippen LogP contribution in [0.2, 0.25) is 13.1 Å². The molecule has 0 aromatic heterocycles. The van der Waals surface area contributed by atoms with Crippen LogP contribution in [0.3, 0.4) is 0 Å². The van der Waals surface area contributed by atoms with Crippen LogP contribution >= 0.6 is 0 Å². The van der Waals surface area contributed by atoms with Gasteiger partial charge >= 0.3 is 0 Å². The first-order chi connectivity index (χ1) is 3.68. The SMILES string of the molecule is CCCN(C)[Si](C)C. The van der Waals surface area contributed by atoms with E-state index in [1.165, 1.54) is 13.0 Å². The van der Waals surface area contributed by atoms with Gasteiger partial charge in [-0.05, 0) is 20.0 Å². The molecule has 49 valence electrons. The van der Waals surface area contributed by atoms with Crippen LogP contribution < -0.4 is 0 Å². The number of rotatable bonds is 3. The van der Waals surface area contributed by atoms with E-state index in [-0.39, 0.29) is 8.96 Å². The van der Waals surface area contributed by atoms with Crippen LogP contribution in [0.15, 0.2) is 0 Å². The Morgan fingerprint density at radius 1 is 1.38 bits per heavy atom. The lowest BCUT2D eigenvalue weighted by Crippen LogP contribution is -2.30. The molecule has 0 atom stereocenters. The van der Waals surface area contributed by atoms with Gasteiger partial charge < -0.3 is 4.57 Å². The van der Waals surface area contributed by atoms with E-state index < -0.39 is 0 Å². The average molecular weight is 130 g/mol. The summed E-state index contributed by atoms with van der Waals surface area (Å²) in [5.74, 6) is 0. The Kier molecular flexibility index (Phi) is 4.19. The molecule has 2 heteroatoms. The van der Waals surface area contributed by atoms with Gasteiger partial charge in [-0.15, -0.1) is 0 Å². The van der Waals surface area contributed by atoms with Crippen molar-refractivity contribution >= 4 is 8.96 Å². The van der Waals surface area contributed by atoms with Gasteiger partial charge in [0.05, 0.1) is 0 Å². The standard InChI is InChI=1S/C6H16NSi/c1-5-6-7(2)8(3)4/h5-6H2,1-4H3. The van der Waals surface area contributed by atoms with Gasteiger partial charge in [0.25, 0.3) is 0 Å². The highest BCUT2D eigenvalue weighted by Crippen LogP contribution is 1.90. The van der Waals surface area contributed by atoms with Crippen molar-refractivity contribution < 1.29 is 0 Å². The van der Waals surface area contributed by atoms with Gasteiger partial charge in [-0.3, -0.25) is 0 Å². The smallest absolute Gasteiger partial charge is 0.129 e. The Hall–Kier alpha value is 0.177. The second kappa shape index (κ2) is 4.10. The Morgan fingerprint density at radius 3 is 2.00 bits per heavy atom. The van der Waals surface area contributed by atoms with Crippen LogP contribution in [-0.4, -0.2) is 27.1 Å². The molecule has 0 aromatic carbocycles. The number of nitrogens with zero attached hydrogens (tertiary/aromatic N) is 1. The molecular weight excluding hydrogens is 114 g/mol. The van der Waals surface area contributed by atoms with Crippen molar-refractivity contribution in [1.82, 2.24) is 4.57 Å². The van der Waals surface area contributed by atoms with Gasteiger partial charge in [0, 0.05) is 0 Å². The molecule has 0 fully saturated rings. The summed E-state index contributed by atoms with van der Waals surface area (Å²) in [6, 6.07) is 0. The van der Waals surface area contributed by atoms with E-state index in [9.17, 15) is 0 Å². The highest BCUT2D eigenvalue weighted by Gasteiger charge is 2.01. The third kappa shape index (κ3) is 3.21. The third-order valence-electron chi connectivity index (χ3n) is 1.32. The minimum atomic E-state index is -0.142. The molecular formula is C6H16NSi. The summed E-state index contributed by atoms with van der Waals surface area (Å²) >= 11 is 0. The minimum absolute atomic E-state index is 0.142. The van der Waals surface area contributed by atoms with Gasteiger partial charge in [-0.25, -0.2) is 0 Å². The maximum atomic E-state index is 2.45. The summed E-state index contributed by atoms with van der Waals surface area (Å²) in [5, 5.41) is 0. The fourth-order valence-electron chi connectivity index (χ4n) is 0.559. The molecule has 0 aliphatic rings. The molecule has 0 saturated carbocycles. The van der Waals surface area contributed by atoms with Gasteiger partial charge in [-0.2, -0.15) is 0 Å². The van der Waals surface area contributed by atoms with Crippen molar-refractivity contribution in [1.29, 1.82) is 0 Å². The van der Waals surface area contributed by atoms with E-state index in [1.54, 1.807) is 0 Å². The molecule has 1 nitrogen and oxygen atoms in total. The summed E-state index contributed by atoms with van der Waals surface area (Å²) in [4.78, 5) is 0. The van der Waals surface area contributed by atoms with Crippen LogP contribution in [0.1, 0.15) is 13.3 Å². The zero-order valence-corrected chi connectivity index (χ0v) is 7.36. The van der Waals surface area contributed by atoms with Crippen molar-refractivity contribution in [3.63, 3.8) is 0 Å². The molecule has 0 amide bonds. The Balaban J connectivity index is 3.17. The zero-order chi connectivity index (χ0) is 6.57. The van der Waals surface area contributed by atoms with Crippen LogP contribution in [0.5, 0.6) is 0 Å². The van der Waals surface area contributed by atoms with E-state index in [2.05, 4.69) is 31.6 Å². The van der Waals surface area contributed by atoms with E-state index in [4.69, 9.17) is 0 Å². The van der Waals surface area contributed by atoms with Crippen molar-refractivity contribution in [2.45, 2.75) is 26.4 Å². The highest BCUT2D eigenvalue weighted by molar-refractivity contribution is 6.52. The largest absolute Gasteiger partial charge is 0.327 e. The molecule has 0 aliphatic carbocycles. The summed E-state index contributed by atoms with van der Waals surface area (Å²) in [6.07, 6.45) is 1.28. The maximum absolute atomic E-state index is 2.45. The first-order valence-electron chi connectivity index (χ1n) is 3.19. The lowest BCUT2D eigenvalue weighted by Gasteiger charge is -2.17. The molecule has 0 aromatic rings. The van der Waals surface area contributed by atoms with Gasteiger partial charge in [0.2, 0.25) is 0 Å². The van der Waals surface area contributed by atoms with E-state index in [0.717, 1.165) is 0 Å². The van der Waals surface area contributed by atoms with Crippen molar-refractivity contribution in [2.75, 3.05) is 13.6 Å². The van der Waals surface area contributed by atoms with Gasteiger partial charge in [0.15, 0.2) is 0 Å². The molecule has 8 heavy (non-hydrogen) atoms. The second-order valence-electron chi connectivity index (χ2n) is 2.37. The molecule has 1 radical (unpaired) electrons. The molecule has 0 unspecified atom stereocenters. The van der Waals surface area contributed by atoms with E-state index in [1.807, 2.05) is 0 Å². The fraction of sp³-hybridized carbons (Fsp3) is 1.00. The number of hydrogen-bond donors (Lipinski definition) is 0. The fourth-order valence-corrected chi connectivity index (χ4v) is 1.23. The first-order valence-corrected chi connectivity index (χ1v) is 5.64. The van der Waals surface area contributed by atoms with Gasteiger partial charge in [0.1, 0.15) is 8.96 Å². The molecule has 0 N–H and O–H groups in total.